The van der Waals surface area contributed by atoms with Crippen molar-refractivity contribution < 1.29 is 0 Å². The summed E-state index contributed by atoms with van der Waals surface area (Å²) in [6.45, 7) is 2.68. The van der Waals surface area contributed by atoms with Gasteiger partial charge in [0.25, 0.3) is 0 Å². The van der Waals surface area contributed by atoms with Crippen LogP contribution in [0, 0.1) is 6.92 Å². The van der Waals surface area contributed by atoms with Crippen LogP contribution in [-0.2, 0) is 13.6 Å². The van der Waals surface area contributed by atoms with Crippen molar-refractivity contribution in [2.24, 2.45) is 7.05 Å². The maximum absolute atomic E-state index is 5.70. The Labute approximate surface area is 94.3 Å². The van der Waals surface area contributed by atoms with Gasteiger partial charge in [0.1, 0.15) is 5.82 Å². The highest BCUT2D eigenvalue weighted by molar-refractivity contribution is 5.50. The highest BCUT2D eigenvalue weighted by atomic mass is 15.2. The van der Waals surface area contributed by atoms with Crippen molar-refractivity contribution in [1.82, 2.24) is 14.8 Å². The first-order valence-electron chi connectivity index (χ1n) is 5.08. The van der Waals surface area contributed by atoms with Crippen molar-refractivity contribution in [1.29, 1.82) is 0 Å². The van der Waals surface area contributed by atoms with E-state index in [4.69, 9.17) is 5.73 Å². The monoisotopic (exact) mass is 217 g/mol. The van der Waals surface area contributed by atoms with E-state index in [1.165, 1.54) is 0 Å². The average Bonchev–Trinajstić information content (AvgIpc) is 2.66. The molecule has 84 valence electrons. The van der Waals surface area contributed by atoms with Crippen LogP contribution in [-0.4, -0.2) is 14.8 Å². The fraction of sp³-hybridized carbons (Fsp3) is 0.273. The first kappa shape index (κ1) is 10.5. The number of nitrogen functional groups attached to an aromatic ring is 1. The van der Waals surface area contributed by atoms with Gasteiger partial charge in [-0.2, -0.15) is 5.10 Å². The second-order valence-corrected chi connectivity index (χ2v) is 3.80. The van der Waals surface area contributed by atoms with Gasteiger partial charge in [-0.05, 0) is 18.6 Å². The third-order valence-electron chi connectivity index (χ3n) is 2.38. The summed E-state index contributed by atoms with van der Waals surface area (Å²) in [5, 5.41) is 7.32. The van der Waals surface area contributed by atoms with Crippen LogP contribution in [0.5, 0.6) is 0 Å². The second kappa shape index (κ2) is 4.22. The van der Waals surface area contributed by atoms with Gasteiger partial charge in [0.05, 0.1) is 18.1 Å². The molecule has 0 aromatic carbocycles. The lowest BCUT2D eigenvalue weighted by molar-refractivity contribution is 0.767. The topological polar surface area (TPSA) is 68.8 Å². The predicted molar refractivity (Wildman–Crippen MR) is 63.9 cm³/mol. The van der Waals surface area contributed by atoms with Crippen LogP contribution in [0.25, 0.3) is 0 Å². The second-order valence-electron chi connectivity index (χ2n) is 3.80. The predicted octanol–water partition coefficient (Wildman–Crippen LogP) is 1.32. The van der Waals surface area contributed by atoms with Crippen LogP contribution in [0.3, 0.4) is 0 Å². The maximum atomic E-state index is 5.70. The van der Waals surface area contributed by atoms with Gasteiger partial charge in [-0.25, -0.2) is 4.98 Å². The van der Waals surface area contributed by atoms with Crippen molar-refractivity contribution in [3.05, 3.63) is 35.8 Å². The maximum Gasteiger partial charge on any atom is 0.126 e. The third kappa shape index (κ3) is 2.31. The van der Waals surface area contributed by atoms with Gasteiger partial charge in [0.2, 0.25) is 0 Å². The molecule has 3 N–H and O–H groups in total. The molecule has 0 saturated heterocycles. The first-order chi connectivity index (χ1) is 7.65. The van der Waals surface area contributed by atoms with Crippen LogP contribution < -0.4 is 11.1 Å². The molecule has 0 radical (unpaired) electrons. The number of hydrogen-bond acceptors (Lipinski definition) is 4. The lowest BCUT2D eigenvalue weighted by Crippen LogP contribution is -2.02. The van der Waals surface area contributed by atoms with Gasteiger partial charge < -0.3 is 11.1 Å². The number of anilines is 2. The largest absolute Gasteiger partial charge is 0.397 e. The van der Waals surface area contributed by atoms with Gasteiger partial charge >= 0.3 is 0 Å². The number of hydrogen-bond donors (Lipinski definition) is 2. The summed E-state index contributed by atoms with van der Waals surface area (Å²) in [7, 11) is 1.90. The summed E-state index contributed by atoms with van der Waals surface area (Å²) in [4.78, 5) is 4.20. The zero-order valence-corrected chi connectivity index (χ0v) is 9.44. The lowest BCUT2D eigenvalue weighted by atomic mass is 10.2. The molecule has 0 amide bonds. The Balaban J connectivity index is 2.02. The Bertz CT molecular complexity index is 489. The van der Waals surface area contributed by atoms with E-state index in [9.17, 15) is 0 Å². The van der Waals surface area contributed by atoms with Gasteiger partial charge in [0.15, 0.2) is 0 Å². The van der Waals surface area contributed by atoms with E-state index < -0.39 is 0 Å². The van der Waals surface area contributed by atoms with Crippen LogP contribution >= 0.6 is 0 Å². The molecule has 5 heteroatoms. The lowest BCUT2D eigenvalue weighted by Gasteiger charge is -2.05. The molecule has 2 aromatic rings. The van der Waals surface area contributed by atoms with Gasteiger partial charge in [-0.1, -0.05) is 0 Å². The number of aryl methyl sites for hydroxylation is 2. The fourth-order valence-electron chi connectivity index (χ4n) is 1.42. The Hall–Kier alpha value is -2.04. The standard InChI is InChI=1S/C11H15N5/c1-8-3-11(14-6-10(8)12)13-4-9-5-15-16(2)7-9/h3,5-7H,4,12H2,1-2H3,(H,13,14). The summed E-state index contributed by atoms with van der Waals surface area (Å²) in [6.07, 6.45) is 5.47. The molecule has 2 heterocycles. The molecule has 2 rings (SSSR count). The molecule has 0 aliphatic rings. The van der Waals surface area contributed by atoms with Crippen molar-refractivity contribution in [2.45, 2.75) is 13.5 Å². The summed E-state index contributed by atoms with van der Waals surface area (Å²) < 4.78 is 1.78. The minimum absolute atomic E-state index is 0.712. The molecular formula is C11H15N5. The quantitative estimate of drug-likeness (QED) is 0.813. The van der Waals surface area contributed by atoms with E-state index in [0.717, 1.165) is 16.9 Å². The number of aromatic nitrogens is 3. The van der Waals surface area contributed by atoms with E-state index in [2.05, 4.69) is 15.4 Å². The Kier molecular flexibility index (Phi) is 2.76. The summed E-state index contributed by atoms with van der Waals surface area (Å²) >= 11 is 0. The molecule has 0 saturated carbocycles. The highest BCUT2D eigenvalue weighted by Crippen LogP contribution is 2.13. The molecule has 0 aliphatic carbocycles. The third-order valence-corrected chi connectivity index (χ3v) is 2.38. The summed E-state index contributed by atoms with van der Waals surface area (Å²) in [5.74, 6) is 0.829. The molecule has 0 unspecified atom stereocenters. The van der Waals surface area contributed by atoms with Crippen LogP contribution in [0.1, 0.15) is 11.1 Å². The molecule has 0 atom stereocenters. The van der Waals surface area contributed by atoms with Gasteiger partial charge in [-0.3, -0.25) is 4.68 Å². The molecule has 0 bridgehead atoms. The van der Waals surface area contributed by atoms with Crippen molar-refractivity contribution in [3.8, 4) is 0 Å². The number of pyridine rings is 1. The zero-order valence-electron chi connectivity index (χ0n) is 9.44. The molecular weight excluding hydrogens is 202 g/mol. The summed E-state index contributed by atoms with van der Waals surface area (Å²) in [5.41, 5.74) is 8.57. The van der Waals surface area contributed by atoms with E-state index >= 15 is 0 Å². The van der Waals surface area contributed by atoms with E-state index in [0.29, 0.717) is 12.2 Å². The molecule has 2 aromatic heterocycles. The Morgan fingerprint density at radius 3 is 2.88 bits per heavy atom. The fourth-order valence-corrected chi connectivity index (χ4v) is 1.42. The first-order valence-corrected chi connectivity index (χ1v) is 5.08. The number of nitrogens with zero attached hydrogens (tertiary/aromatic N) is 3. The van der Waals surface area contributed by atoms with Crippen LogP contribution in [0.2, 0.25) is 0 Å². The smallest absolute Gasteiger partial charge is 0.126 e. The minimum Gasteiger partial charge on any atom is -0.397 e. The van der Waals surface area contributed by atoms with E-state index in [1.807, 2.05) is 32.4 Å². The number of rotatable bonds is 3. The average molecular weight is 217 g/mol. The summed E-state index contributed by atoms with van der Waals surface area (Å²) in [6, 6.07) is 1.94. The highest BCUT2D eigenvalue weighted by Gasteiger charge is 1.99. The Morgan fingerprint density at radius 2 is 2.25 bits per heavy atom. The van der Waals surface area contributed by atoms with Gasteiger partial charge in [0, 0.05) is 25.4 Å². The molecule has 0 spiro atoms. The van der Waals surface area contributed by atoms with Crippen molar-refractivity contribution in [2.75, 3.05) is 11.1 Å². The number of nitrogens with two attached hydrogens (primary N) is 1. The van der Waals surface area contributed by atoms with Crippen LogP contribution in [0.4, 0.5) is 11.5 Å². The van der Waals surface area contributed by atoms with Crippen molar-refractivity contribution in [3.63, 3.8) is 0 Å². The van der Waals surface area contributed by atoms with Gasteiger partial charge in [-0.15, -0.1) is 0 Å². The van der Waals surface area contributed by atoms with Crippen molar-refractivity contribution >= 4 is 11.5 Å². The molecule has 16 heavy (non-hydrogen) atoms. The van der Waals surface area contributed by atoms with E-state index in [1.54, 1.807) is 10.9 Å². The molecule has 5 nitrogen and oxygen atoms in total. The minimum atomic E-state index is 0.712. The normalized spacial score (nSPS) is 10.4. The molecule has 0 fully saturated rings. The molecule has 0 aliphatic heterocycles. The Morgan fingerprint density at radius 1 is 1.44 bits per heavy atom. The number of nitrogens with one attached hydrogen (secondary N) is 1. The van der Waals surface area contributed by atoms with E-state index in [-0.39, 0.29) is 0 Å². The zero-order chi connectivity index (χ0) is 11.5. The SMILES string of the molecule is Cc1cc(NCc2cnn(C)c2)ncc1N. The van der Waals surface area contributed by atoms with Crippen LogP contribution in [0.15, 0.2) is 24.7 Å².